The molecule has 0 bridgehead atoms. The first-order chi connectivity index (χ1) is 52.2. The number of anilines is 3. The molecular weight excluding hydrogens is 1570 g/mol. The van der Waals surface area contributed by atoms with Crippen molar-refractivity contribution in [2.75, 3.05) is 124 Å². The second-order valence-corrected chi connectivity index (χ2v) is 38.8. The van der Waals surface area contributed by atoms with Gasteiger partial charge in [-0.05, 0) is 173 Å². The summed E-state index contributed by atoms with van der Waals surface area (Å²) in [5.74, 6) is 1.37. The van der Waals surface area contributed by atoms with Crippen LogP contribution in [0.2, 0.25) is 10.0 Å². The minimum Gasteiger partial charge on any atom is -0.371 e. The summed E-state index contributed by atoms with van der Waals surface area (Å²) in [6, 6.07) is 16.4. The normalized spacial score (nSPS) is 19.6. The first-order valence-corrected chi connectivity index (χ1v) is 45.0. The van der Waals surface area contributed by atoms with E-state index in [-0.39, 0.29) is 29.8 Å². The lowest BCUT2D eigenvalue weighted by atomic mass is 9.86. The van der Waals surface area contributed by atoms with E-state index in [1.54, 1.807) is 25.9 Å². The Morgan fingerprint density at radius 1 is 0.441 bits per heavy atom. The van der Waals surface area contributed by atoms with Gasteiger partial charge in [0, 0.05) is 158 Å². The second kappa shape index (κ2) is 33.3. The minimum atomic E-state index is -4.43. The summed E-state index contributed by atoms with van der Waals surface area (Å²) in [5.41, 5.74) is 8.18. The van der Waals surface area contributed by atoms with E-state index in [0.717, 1.165) is 113 Å². The van der Waals surface area contributed by atoms with E-state index in [1.165, 1.54) is 72.4 Å². The predicted molar refractivity (Wildman–Crippen MR) is 421 cm³/mol. The molecule has 0 radical (unpaired) electrons. The van der Waals surface area contributed by atoms with Crippen LogP contribution >= 0.6 is 23.2 Å². The van der Waals surface area contributed by atoms with Gasteiger partial charge < -0.3 is 19.6 Å². The predicted octanol–water partition coefficient (Wildman–Crippen LogP) is 12.5. The quantitative estimate of drug-likeness (QED) is 0.0710. The van der Waals surface area contributed by atoms with Gasteiger partial charge in [-0.15, -0.1) is 0 Å². The van der Waals surface area contributed by atoms with Crippen molar-refractivity contribution in [1.82, 2.24) is 68.8 Å². The number of aromatic nitrogens is 10. The molecule has 6 aliphatic rings. The van der Waals surface area contributed by atoms with E-state index in [4.69, 9.17) is 23.2 Å². The Bertz CT molecular complexity index is 5440. The van der Waals surface area contributed by atoms with Gasteiger partial charge in [-0.1, -0.05) is 23.2 Å². The van der Waals surface area contributed by atoms with Crippen molar-refractivity contribution in [3.05, 3.63) is 130 Å². The van der Waals surface area contributed by atoms with Crippen LogP contribution in [-0.2, 0) is 57.1 Å². The number of sulfonamides is 3. The third-order valence-corrected chi connectivity index (χ3v) is 27.2. The van der Waals surface area contributed by atoms with Gasteiger partial charge in [0.2, 0.25) is 36.0 Å². The Labute approximate surface area is 650 Å². The number of hydrogen-bond donors (Lipinski definition) is 5. The Balaban J connectivity index is 0.000000129. The smallest absolute Gasteiger partial charge is 0.371 e. The van der Waals surface area contributed by atoms with Crippen molar-refractivity contribution in [3.63, 3.8) is 0 Å². The number of alkyl halides is 6. The van der Waals surface area contributed by atoms with Crippen LogP contribution in [0, 0.1) is 5.92 Å². The number of fused-ring (bicyclic) bond motifs is 5. The SMILES string of the molecule is CC(=O)N1CCC(c2cc(C(F)(F)F)cc3[nH]ncc23)CC1.CS(=O)(=O)CCC1CCN(c2cc(Cl)cc3[nH]ncc23)CC1.CS(=O)(=O)N1CCC(c2cc(C(F)(F)F)cc3[nH]ncc23)CC1.CS(=O)(=O)N1CCN(c2cc(C3CC3)cc3[nH]ncc23)CC1.C[C@@H]1CN(c2cc(Cl)cc3[nH]ncc23)C[C@@H](C)N1S(C)(=O)=O. The van der Waals surface area contributed by atoms with Crippen molar-refractivity contribution >= 4 is 141 Å². The van der Waals surface area contributed by atoms with Crippen LogP contribution in [0.4, 0.5) is 43.4 Å². The van der Waals surface area contributed by atoms with E-state index in [1.807, 2.05) is 50.5 Å². The number of nitrogens with one attached hydrogen (secondary N) is 5. The highest BCUT2D eigenvalue weighted by atomic mass is 35.5. The number of rotatable bonds is 12. The summed E-state index contributed by atoms with van der Waals surface area (Å²) < 4.78 is 176. The summed E-state index contributed by atoms with van der Waals surface area (Å²) in [5, 5.41) is 40.1. The van der Waals surface area contributed by atoms with Gasteiger partial charge >= 0.3 is 12.4 Å². The molecule has 5 saturated heterocycles. The molecule has 2 atom stereocenters. The number of sulfone groups is 1. The number of piperazine rings is 2. The van der Waals surface area contributed by atoms with E-state index in [0.29, 0.717) is 133 Å². The zero-order valence-electron chi connectivity index (χ0n) is 62.4. The molecule has 5 aliphatic heterocycles. The topological polar surface area (TPSA) is 320 Å². The summed E-state index contributed by atoms with van der Waals surface area (Å²) in [4.78, 5) is 19.9. The zero-order chi connectivity index (χ0) is 79.9. The first-order valence-electron chi connectivity index (χ1n) is 36.6. The molecule has 111 heavy (non-hydrogen) atoms. The maximum absolute atomic E-state index is 13.1. The van der Waals surface area contributed by atoms with Gasteiger partial charge in [-0.3, -0.25) is 30.3 Å². The number of nitrogens with zero attached hydrogens (tertiary/aromatic N) is 12. The van der Waals surface area contributed by atoms with Crippen LogP contribution in [0.25, 0.3) is 54.5 Å². The van der Waals surface area contributed by atoms with Crippen molar-refractivity contribution in [1.29, 1.82) is 0 Å². The van der Waals surface area contributed by atoms with Gasteiger partial charge in [-0.2, -0.15) is 60.4 Å². The standard InChI is InChI=1S/C15H20ClN3O2S.C15H16F3N3O.C15H20N4O2S.C14H19ClN4O2S.C14H16F3N3O2S/c1-22(20,21)7-4-11-2-5-19(6-3-11)15-9-12(16)8-14-13(15)10-17-18-14;1-9(22)21-4-2-10(3-5-21)12-6-11(15(16,17)18)7-14-13(12)8-19-20-14;1-22(20,21)19-6-4-18(5-7-19)15-9-12(11-2-3-11)8-14-13(15)10-16-17-14;1-9-7-18(8-10(2)19(9)22(3,20)21)14-5-11(15)4-13-12(14)6-16-17-13;1-23(21,22)20-4-2-9(3-5-20)11-6-10(14(15,16)17)7-13-12(11)8-18-19-13/h8-11H,2-7H2,1H3,(H,17,18);6-8,10H,2-5H2,1H3,(H,19,20);8-11H,2-7H2,1H3,(H,16,17);4-6,9-10H,7-8H2,1-3H3,(H,16,17);6-9H,2-5H2,1H3,(H,18,19)/t;;;9-,10-;/m...1./s1. The van der Waals surface area contributed by atoms with E-state index < -0.39 is 63.4 Å². The van der Waals surface area contributed by atoms with Crippen molar-refractivity contribution in [2.24, 2.45) is 5.92 Å². The molecule has 6 fully saturated rings. The van der Waals surface area contributed by atoms with E-state index >= 15 is 0 Å². The lowest BCUT2D eigenvalue weighted by molar-refractivity contribution is -0.138. The average molecular weight is 1660 g/mol. The third-order valence-electron chi connectivity index (χ3n) is 21.7. The highest BCUT2D eigenvalue weighted by Gasteiger charge is 2.39. The number of amides is 1. The van der Waals surface area contributed by atoms with Crippen LogP contribution < -0.4 is 14.7 Å². The van der Waals surface area contributed by atoms with Crippen LogP contribution in [0.15, 0.2) is 91.6 Å². The number of carbonyl (C=O) groups excluding carboxylic acids is 1. The van der Waals surface area contributed by atoms with Gasteiger partial charge in [0.15, 0.2) is 0 Å². The molecule has 1 amide bonds. The largest absolute Gasteiger partial charge is 0.416 e. The minimum absolute atomic E-state index is 0.0101. The number of hydrogen-bond acceptors (Lipinski definition) is 17. The molecule has 10 heterocycles. The second-order valence-electron chi connectivity index (χ2n) is 29.9. The molecule has 38 heteroatoms. The summed E-state index contributed by atoms with van der Waals surface area (Å²) in [7, 11) is -12.4. The summed E-state index contributed by atoms with van der Waals surface area (Å²) in [6.07, 6.45) is 12.4. The number of halogens is 8. The molecule has 5 aromatic carbocycles. The molecule has 26 nitrogen and oxygen atoms in total. The van der Waals surface area contributed by atoms with Crippen molar-refractivity contribution in [3.8, 4) is 0 Å². The summed E-state index contributed by atoms with van der Waals surface area (Å²) >= 11 is 12.4. The van der Waals surface area contributed by atoms with Gasteiger partial charge in [-0.25, -0.2) is 38.0 Å². The maximum Gasteiger partial charge on any atom is 0.416 e. The first kappa shape index (κ1) is 82.6. The number of H-pyrrole nitrogens is 5. The molecule has 1 aliphatic carbocycles. The Morgan fingerprint density at radius 2 is 0.820 bits per heavy atom. The van der Waals surface area contributed by atoms with Crippen LogP contribution in [0.1, 0.15) is 124 Å². The number of carbonyl (C=O) groups is 1. The highest BCUT2D eigenvalue weighted by molar-refractivity contribution is 7.90. The van der Waals surface area contributed by atoms with Gasteiger partial charge in [0.1, 0.15) is 9.84 Å². The van der Waals surface area contributed by atoms with E-state index in [9.17, 15) is 64.8 Å². The lowest BCUT2D eigenvalue weighted by Gasteiger charge is -2.44. The molecule has 5 N–H and O–H groups in total. The molecular formula is C73H91Cl2F6N17O9S4. The fraction of sp³-hybridized carbons (Fsp3) is 0.507. The fourth-order valence-corrected chi connectivity index (χ4v) is 20.2. The molecule has 5 aromatic heterocycles. The Morgan fingerprint density at radius 3 is 1.22 bits per heavy atom. The van der Waals surface area contributed by atoms with Gasteiger partial charge in [0.05, 0.1) is 94.2 Å². The molecule has 1 saturated carbocycles. The fourth-order valence-electron chi connectivity index (χ4n) is 15.9. The highest BCUT2D eigenvalue weighted by Crippen LogP contribution is 2.45. The van der Waals surface area contributed by atoms with E-state index in [2.05, 4.69) is 77.8 Å². The Kier molecular flexibility index (Phi) is 24.8. The molecule has 0 unspecified atom stereocenters. The van der Waals surface area contributed by atoms with Crippen LogP contribution in [0.3, 0.4) is 0 Å². The maximum atomic E-state index is 13.1. The van der Waals surface area contributed by atoms with Crippen LogP contribution in [0.5, 0.6) is 0 Å². The molecule has 16 rings (SSSR count). The average Bonchev–Trinajstić information content (AvgIpc) is 1.76. The molecule has 10 aromatic rings. The summed E-state index contributed by atoms with van der Waals surface area (Å²) in [6.45, 7) is 12.8. The third kappa shape index (κ3) is 20.2. The molecule has 602 valence electrons. The molecule has 0 spiro atoms. The number of benzene rings is 5. The van der Waals surface area contributed by atoms with Crippen LogP contribution in [-0.4, -0.2) is 230 Å². The Hall–Kier alpha value is -7.84. The lowest BCUT2D eigenvalue weighted by Crippen LogP contribution is -2.58. The van der Waals surface area contributed by atoms with Crippen molar-refractivity contribution in [2.45, 2.75) is 121 Å². The number of piperidine rings is 3. The number of aromatic amines is 5. The number of likely N-dealkylation sites (tertiary alicyclic amines) is 1. The van der Waals surface area contributed by atoms with Crippen molar-refractivity contribution < 1.29 is 64.8 Å². The zero-order valence-corrected chi connectivity index (χ0v) is 67.2. The monoisotopic (exact) mass is 1660 g/mol. The van der Waals surface area contributed by atoms with Gasteiger partial charge in [0.25, 0.3) is 0 Å².